The Labute approximate surface area is 130 Å². The lowest BCUT2D eigenvalue weighted by atomic mass is 10.1. The van der Waals surface area contributed by atoms with Gasteiger partial charge in [0.2, 0.25) is 0 Å². The molecule has 112 valence electrons. The molecule has 0 aliphatic heterocycles. The predicted molar refractivity (Wildman–Crippen MR) is 80.1 cm³/mol. The van der Waals surface area contributed by atoms with Gasteiger partial charge in [-0.05, 0) is 42.6 Å². The van der Waals surface area contributed by atoms with E-state index in [1.165, 1.54) is 23.5 Å². The number of carbonyl (C=O) groups excluding carboxylic acids is 1. The van der Waals surface area contributed by atoms with Gasteiger partial charge in [0, 0.05) is 11.1 Å². The van der Waals surface area contributed by atoms with Gasteiger partial charge in [0.1, 0.15) is 23.0 Å². The van der Waals surface area contributed by atoms with E-state index in [4.69, 9.17) is 9.26 Å². The van der Waals surface area contributed by atoms with Gasteiger partial charge in [-0.25, -0.2) is 9.18 Å². The molecule has 0 amide bonds. The molecule has 0 unspecified atom stereocenters. The molecular weight excluding hydrogens is 305 g/mol. The van der Waals surface area contributed by atoms with Crippen LogP contribution in [0.25, 0.3) is 11.3 Å². The van der Waals surface area contributed by atoms with Crippen molar-refractivity contribution in [3.63, 3.8) is 0 Å². The van der Waals surface area contributed by atoms with E-state index in [9.17, 15) is 9.18 Å². The summed E-state index contributed by atoms with van der Waals surface area (Å²) in [7, 11) is 0. The highest BCUT2D eigenvalue weighted by Gasteiger charge is 2.16. The highest BCUT2D eigenvalue weighted by molar-refractivity contribution is 7.11. The Morgan fingerprint density at radius 3 is 2.77 bits per heavy atom. The van der Waals surface area contributed by atoms with E-state index in [-0.39, 0.29) is 18.4 Å². The first-order valence-electron chi connectivity index (χ1n) is 6.57. The van der Waals surface area contributed by atoms with Crippen LogP contribution in [0.3, 0.4) is 0 Å². The van der Waals surface area contributed by atoms with Crippen LogP contribution in [-0.4, -0.2) is 11.1 Å². The standard InChI is InChI=1S/C16H12FNO3S/c1-10-13(9-20-16(19)14-3-2-8-22-14)18-21-15(10)11-4-6-12(17)7-5-11/h2-8H,9H2,1H3. The summed E-state index contributed by atoms with van der Waals surface area (Å²) in [4.78, 5) is 12.3. The van der Waals surface area contributed by atoms with Gasteiger partial charge >= 0.3 is 5.97 Å². The first-order chi connectivity index (χ1) is 10.6. The largest absolute Gasteiger partial charge is 0.455 e. The maximum Gasteiger partial charge on any atom is 0.348 e. The van der Waals surface area contributed by atoms with Crippen LogP contribution in [0.4, 0.5) is 4.39 Å². The van der Waals surface area contributed by atoms with Crippen LogP contribution in [0.2, 0.25) is 0 Å². The van der Waals surface area contributed by atoms with Crippen LogP contribution in [0.15, 0.2) is 46.3 Å². The summed E-state index contributed by atoms with van der Waals surface area (Å²) in [6.45, 7) is 1.86. The summed E-state index contributed by atoms with van der Waals surface area (Å²) >= 11 is 1.32. The predicted octanol–water partition coefficient (Wildman–Crippen LogP) is 4.21. The van der Waals surface area contributed by atoms with Crippen molar-refractivity contribution < 1.29 is 18.4 Å². The number of hydrogen-bond donors (Lipinski definition) is 0. The van der Waals surface area contributed by atoms with E-state index in [1.54, 1.807) is 24.3 Å². The highest BCUT2D eigenvalue weighted by atomic mass is 32.1. The Morgan fingerprint density at radius 2 is 2.09 bits per heavy atom. The van der Waals surface area contributed by atoms with Crippen molar-refractivity contribution in [1.82, 2.24) is 5.16 Å². The van der Waals surface area contributed by atoms with Gasteiger partial charge < -0.3 is 9.26 Å². The third-order valence-electron chi connectivity index (χ3n) is 3.19. The lowest BCUT2D eigenvalue weighted by Gasteiger charge is -2.01. The molecule has 0 aliphatic carbocycles. The lowest BCUT2D eigenvalue weighted by molar-refractivity contribution is 0.0469. The molecule has 0 saturated carbocycles. The molecule has 0 aliphatic rings. The van der Waals surface area contributed by atoms with Crippen molar-refractivity contribution in [2.45, 2.75) is 13.5 Å². The van der Waals surface area contributed by atoms with Gasteiger partial charge in [-0.15, -0.1) is 11.3 Å². The quantitative estimate of drug-likeness (QED) is 0.676. The van der Waals surface area contributed by atoms with Crippen molar-refractivity contribution in [2.24, 2.45) is 0 Å². The summed E-state index contributed by atoms with van der Waals surface area (Å²) in [6, 6.07) is 9.43. The number of carbonyl (C=O) groups is 1. The number of esters is 1. The van der Waals surface area contributed by atoms with Gasteiger partial charge in [0.05, 0.1) is 0 Å². The molecule has 0 spiro atoms. The fourth-order valence-electron chi connectivity index (χ4n) is 1.97. The summed E-state index contributed by atoms with van der Waals surface area (Å²) in [6.07, 6.45) is 0. The highest BCUT2D eigenvalue weighted by Crippen LogP contribution is 2.26. The Bertz CT molecular complexity index is 778. The molecule has 3 aromatic rings. The molecule has 0 saturated heterocycles. The van der Waals surface area contributed by atoms with E-state index >= 15 is 0 Å². The number of rotatable bonds is 4. The number of nitrogens with zero attached hydrogens (tertiary/aromatic N) is 1. The number of halogens is 1. The zero-order valence-corrected chi connectivity index (χ0v) is 12.5. The van der Waals surface area contributed by atoms with E-state index in [0.29, 0.717) is 16.3 Å². The molecule has 0 atom stereocenters. The lowest BCUT2D eigenvalue weighted by Crippen LogP contribution is -2.04. The van der Waals surface area contributed by atoms with Crippen LogP contribution >= 0.6 is 11.3 Å². The molecule has 3 rings (SSSR count). The first-order valence-corrected chi connectivity index (χ1v) is 7.45. The van der Waals surface area contributed by atoms with Gasteiger partial charge in [0.25, 0.3) is 0 Å². The molecule has 4 nitrogen and oxygen atoms in total. The Morgan fingerprint density at radius 1 is 1.32 bits per heavy atom. The smallest absolute Gasteiger partial charge is 0.348 e. The molecule has 2 aromatic heterocycles. The van der Waals surface area contributed by atoms with Crippen LogP contribution in [0.5, 0.6) is 0 Å². The van der Waals surface area contributed by atoms with E-state index in [1.807, 2.05) is 12.3 Å². The van der Waals surface area contributed by atoms with Crippen molar-refractivity contribution in [3.05, 3.63) is 63.7 Å². The average Bonchev–Trinajstić information content (AvgIpc) is 3.16. The maximum atomic E-state index is 12.9. The zero-order chi connectivity index (χ0) is 15.5. The van der Waals surface area contributed by atoms with Crippen molar-refractivity contribution in [3.8, 4) is 11.3 Å². The van der Waals surface area contributed by atoms with Crippen LogP contribution < -0.4 is 0 Å². The molecule has 22 heavy (non-hydrogen) atoms. The van der Waals surface area contributed by atoms with Gasteiger partial charge in [0.15, 0.2) is 5.76 Å². The zero-order valence-electron chi connectivity index (χ0n) is 11.7. The summed E-state index contributed by atoms with van der Waals surface area (Å²) in [5.74, 6) is -0.158. The van der Waals surface area contributed by atoms with Gasteiger partial charge in [-0.1, -0.05) is 11.2 Å². The second kappa shape index (κ2) is 6.11. The van der Waals surface area contributed by atoms with Gasteiger partial charge in [-0.3, -0.25) is 0 Å². The summed E-state index contributed by atoms with van der Waals surface area (Å²) in [5, 5.41) is 5.74. The minimum atomic E-state index is -0.388. The second-order valence-corrected chi connectivity index (χ2v) is 5.59. The van der Waals surface area contributed by atoms with Crippen LogP contribution in [-0.2, 0) is 11.3 Å². The summed E-state index contributed by atoms with van der Waals surface area (Å²) < 4.78 is 23.4. The minimum Gasteiger partial charge on any atom is -0.455 e. The van der Waals surface area contributed by atoms with Crippen molar-refractivity contribution >= 4 is 17.3 Å². The Hall–Kier alpha value is -2.47. The fraction of sp³-hybridized carbons (Fsp3) is 0.125. The number of benzene rings is 1. The number of aromatic nitrogens is 1. The molecule has 0 radical (unpaired) electrons. The minimum absolute atomic E-state index is 0.0350. The van der Waals surface area contributed by atoms with Gasteiger partial charge in [-0.2, -0.15) is 0 Å². The summed E-state index contributed by atoms with van der Waals surface area (Å²) in [5.41, 5.74) is 2.04. The number of ether oxygens (including phenoxy) is 1. The van der Waals surface area contributed by atoms with E-state index in [0.717, 1.165) is 11.1 Å². The fourth-order valence-corrected chi connectivity index (χ4v) is 2.59. The van der Waals surface area contributed by atoms with Crippen molar-refractivity contribution in [1.29, 1.82) is 0 Å². The molecular formula is C16H12FNO3S. The third-order valence-corrected chi connectivity index (χ3v) is 4.04. The Kier molecular flexibility index (Phi) is 4.02. The number of thiophene rings is 1. The first kappa shape index (κ1) is 14.5. The second-order valence-electron chi connectivity index (χ2n) is 4.64. The van der Waals surface area contributed by atoms with E-state index in [2.05, 4.69) is 5.16 Å². The monoisotopic (exact) mass is 317 g/mol. The molecule has 0 N–H and O–H groups in total. The van der Waals surface area contributed by atoms with Crippen LogP contribution in [0, 0.1) is 12.7 Å². The maximum absolute atomic E-state index is 12.9. The normalized spacial score (nSPS) is 10.6. The number of hydrogen-bond acceptors (Lipinski definition) is 5. The topological polar surface area (TPSA) is 52.3 Å². The molecule has 6 heteroatoms. The molecule has 2 heterocycles. The molecule has 0 bridgehead atoms. The molecule has 0 fully saturated rings. The van der Waals surface area contributed by atoms with E-state index < -0.39 is 0 Å². The van der Waals surface area contributed by atoms with Crippen LogP contribution in [0.1, 0.15) is 20.9 Å². The SMILES string of the molecule is Cc1c(COC(=O)c2cccs2)noc1-c1ccc(F)cc1. The van der Waals surface area contributed by atoms with Crippen molar-refractivity contribution in [2.75, 3.05) is 0 Å². The Balaban J connectivity index is 1.73. The average molecular weight is 317 g/mol. The molecule has 1 aromatic carbocycles. The third kappa shape index (κ3) is 2.92.